The molecule has 1 saturated heterocycles. The van der Waals surface area contributed by atoms with Crippen molar-refractivity contribution in [1.29, 1.82) is 0 Å². The Balaban J connectivity index is 1.32. The first-order valence-electron chi connectivity index (χ1n) is 17.9. The summed E-state index contributed by atoms with van der Waals surface area (Å²) in [6.45, 7) is 9.62. The molecule has 1 aliphatic heterocycles. The molecule has 0 spiro atoms. The van der Waals surface area contributed by atoms with Gasteiger partial charge in [-0.2, -0.15) is 4.89 Å². The van der Waals surface area contributed by atoms with Gasteiger partial charge in [-0.05, 0) is 47.8 Å². The molecule has 6 rings (SSSR count). The van der Waals surface area contributed by atoms with E-state index >= 15 is 0 Å². The molecule has 3 aliphatic rings. The van der Waals surface area contributed by atoms with Gasteiger partial charge in [-0.15, -0.1) is 6.58 Å². The maximum Gasteiger partial charge on any atom is 0.513 e. The van der Waals surface area contributed by atoms with E-state index in [0.717, 1.165) is 36.6 Å². The number of carbonyl (C=O) groups is 3. The first-order valence-corrected chi connectivity index (χ1v) is 19.1. The molecule has 2 saturated carbocycles. The molecule has 0 bridgehead atoms. The smallest absolute Gasteiger partial charge is 0.497 e. The fourth-order valence-corrected chi connectivity index (χ4v) is 8.71. The Labute approximate surface area is 300 Å². The number of allylic oxidation sites excluding steroid dienone is 1. The van der Waals surface area contributed by atoms with Crippen molar-refractivity contribution in [2.75, 3.05) is 13.7 Å². The molecule has 11 heteroatoms. The van der Waals surface area contributed by atoms with Crippen molar-refractivity contribution in [3.63, 3.8) is 0 Å². The zero-order valence-electron chi connectivity index (χ0n) is 29.9. The third kappa shape index (κ3) is 7.87. The fourth-order valence-electron chi connectivity index (χ4n) is 7.67. The van der Waals surface area contributed by atoms with Crippen molar-refractivity contribution >= 4 is 36.6 Å². The number of hydrogen-bond acceptors (Lipinski definition) is 8. The lowest BCUT2D eigenvalue weighted by molar-refractivity contribution is -0.156. The molecule has 1 unspecified atom stereocenters. The summed E-state index contributed by atoms with van der Waals surface area (Å²) in [4.78, 5) is 58.7. The van der Waals surface area contributed by atoms with Crippen LogP contribution in [0.15, 0.2) is 67.3 Å². The standard InChI is InChI=1S/C40H47N2O8P/c1-6-26-22-40(26,51(46)47)23-35(43)34-19-29(24-42(34)38(45)31(39(2,3)4)20-37(44)50-27-14-10-11-15-27)49-36-21-32(25-12-8-7-9-13-25)41-33-18-28(48-5)16-17-30(33)36/h6-9,12-13,16-18,21,26-27,29,31,34H,1,10-11,14-15,19-20,22-24H2,2-5H3/p+1/t26-,29-,31-,34+,40-/m1/s1. The average molecular weight is 716 g/mol. The third-order valence-corrected chi connectivity index (χ3v) is 12.3. The van der Waals surface area contributed by atoms with Gasteiger partial charge >= 0.3 is 14.0 Å². The van der Waals surface area contributed by atoms with Crippen LogP contribution < -0.4 is 9.47 Å². The number of Topliss-reactive ketones (excluding diaryl/α,β-unsaturated/α-hetero) is 1. The summed E-state index contributed by atoms with van der Waals surface area (Å²) in [6, 6.07) is 16.2. The van der Waals surface area contributed by atoms with Crippen LogP contribution in [0.1, 0.15) is 72.1 Å². The molecular weight excluding hydrogens is 667 g/mol. The maximum atomic E-state index is 14.6. The maximum absolute atomic E-state index is 14.6. The highest BCUT2D eigenvalue weighted by Crippen LogP contribution is 2.63. The van der Waals surface area contributed by atoms with Crippen LogP contribution in [-0.4, -0.2) is 69.5 Å². The molecule has 2 heterocycles. The van der Waals surface area contributed by atoms with Gasteiger partial charge in [-0.3, -0.25) is 14.4 Å². The van der Waals surface area contributed by atoms with Gasteiger partial charge in [0.15, 0.2) is 5.78 Å². The number of aromatic nitrogens is 1. The highest BCUT2D eigenvalue weighted by Gasteiger charge is 2.69. The number of carbonyl (C=O) groups excluding carboxylic acids is 3. The average Bonchev–Trinajstić information content (AvgIpc) is 3.37. The van der Waals surface area contributed by atoms with Crippen LogP contribution in [0.3, 0.4) is 0 Å². The van der Waals surface area contributed by atoms with E-state index in [4.69, 9.17) is 19.2 Å². The molecule has 2 aliphatic carbocycles. The minimum Gasteiger partial charge on any atom is -0.497 e. The van der Waals surface area contributed by atoms with E-state index in [0.29, 0.717) is 29.1 Å². The number of nitrogens with zero attached hydrogens (tertiary/aromatic N) is 2. The van der Waals surface area contributed by atoms with Gasteiger partial charge in [-0.1, -0.05) is 57.2 Å². The van der Waals surface area contributed by atoms with Gasteiger partial charge in [0.2, 0.25) is 11.1 Å². The predicted molar refractivity (Wildman–Crippen MR) is 195 cm³/mol. The van der Waals surface area contributed by atoms with Crippen LogP contribution >= 0.6 is 8.03 Å². The Kier molecular flexibility index (Phi) is 10.7. The summed E-state index contributed by atoms with van der Waals surface area (Å²) >= 11 is 0. The van der Waals surface area contributed by atoms with Crippen molar-refractivity contribution in [2.45, 2.75) is 95.5 Å². The van der Waals surface area contributed by atoms with E-state index in [1.54, 1.807) is 18.1 Å². The highest BCUT2D eigenvalue weighted by atomic mass is 31.1. The molecule has 10 nitrogen and oxygen atoms in total. The molecular formula is C40H48N2O8P+. The summed E-state index contributed by atoms with van der Waals surface area (Å²) in [5.41, 5.74) is 1.63. The lowest BCUT2D eigenvalue weighted by Crippen LogP contribution is -2.48. The van der Waals surface area contributed by atoms with Crippen molar-refractivity contribution < 1.29 is 38.1 Å². The second-order valence-corrected chi connectivity index (χ2v) is 16.8. The number of esters is 1. The number of fused-ring (bicyclic) bond motifs is 1. The molecule has 2 aromatic carbocycles. The predicted octanol–water partition coefficient (Wildman–Crippen LogP) is 7.44. The molecule has 3 fully saturated rings. The molecule has 270 valence electrons. The molecule has 1 amide bonds. The van der Waals surface area contributed by atoms with E-state index < -0.39 is 42.6 Å². The molecule has 3 aromatic rings. The largest absolute Gasteiger partial charge is 0.513 e. The van der Waals surface area contributed by atoms with Gasteiger partial charge < -0.3 is 19.1 Å². The van der Waals surface area contributed by atoms with Crippen LogP contribution in [0.4, 0.5) is 0 Å². The molecule has 51 heavy (non-hydrogen) atoms. The number of ether oxygens (including phenoxy) is 3. The lowest BCUT2D eigenvalue weighted by atomic mass is 9.77. The molecule has 1 N–H and O–H groups in total. The van der Waals surface area contributed by atoms with Gasteiger partial charge in [0.25, 0.3) is 0 Å². The van der Waals surface area contributed by atoms with Crippen LogP contribution in [0.5, 0.6) is 11.5 Å². The highest BCUT2D eigenvalue weighted by molar-refractivity contribution is 7.40. The molecule has 1 aromatic heterocycles. The fraction of sp³-hybridized carbons (Fsp3) is 0.500. The quantitative estimate of drug-likeness (QED) is 0.109. The summed E-state index contributed by atoms with van der Waals surface area (Å²) in [5, 5.41) is -0.338. The zero-order valence-corrected chi connectivity index (χ0v) is 30.8. The number of ketones is 1. The minimum absolute atomic E-state index is 0.100. The van der Waals surface area contributed by atoms with E-state index in [2.05, 4.69) is 6.58 Å². The van der Waals surface area contributed by atoms with Crippen LogP contribution in [-0.2, 0) is 23.7 Å². The first-order chi connectivity index (χ1) is 24.3. The summed E-state index contributed by atoms with van der Waals surface area (Å²) in [6.07, 6.45) is 4.90. The summed E-state index contributed by atoms with van der Waals surface area (Å²) in [5.74, 6) is -0.872. The second-order valence-electron chi connectivity index (χ2n) is 15.3. The van der Waals surface area contributed by atoms with Gasteiger partial charge in [-0.25, -0.2) is 4.98 Å². The van der Waals surface area contributed by atoms with E-state index in [9.17, 15) is 23.8 Å². The lowest BCUT2D eigenvalue weighted by Gasteiger charge is -2.34. The topological polar surface area (TPSA) is 132 Å². The monoisotopic (exact) mass is 715 g/mol. The first kappa shape index (κ1) is 36.6. The van der Waals surface area contributed by atoms with Crippen LogP contribution in [0, 0.1) is 17.3 Å². The normalized spacial score (nSPS) is 24.2. The SMILES string of the molecule is C=C[C@@H]1C[C@]1(CC(=O)[C@@H]1C[C@@H](Oc2cc(-c3ccccc3)nc3cc(OC)ccc23)CN1C(=O)[C@@H](CC(=O)OC1CCCC1)C(C)(C)C)[P+](=O)O. The number of benzene rings is 2. The van der Waals surface area contributed by atoms with Crippen molar-refractivity contribution in [3.05, 3.63) is 67.3 Å². The number of pyridine rings is 1. The summed E-state index contributed by atoms with van der Waals surface area (Å²) < 4.78 is 30.5. The molecule has 6 atom stereocenters. The second kappa shape index (κ2) is 14.8. The van der Waals surface area contributed by atoms with E-state index in [-0.39, 0.29) is 49.5 Å². The number of methoxy groups -OCH3 is 1. The van der Waals surface area contributed by atoms with Crippen LogP contribution in [0.2, 0.25) is 0 Å². The Morgan fingerprint density at radius 1 is 1.10 bits per heavy atom. The third-order valence-electron chi connectivity index (χ3n) is 10.8. The van der Waals surface area contributed by atoms with Gasteiger partial charge in [0.05, 0.1) is 49.7 Å². The Hall–Kier alpha value is -4.14. The number of rotatable bonds is 13. The van der Waals surface area contributed by atoms with E-state index in [1.165, 1.54) is 0 Å². The van der Waals surface area contributed by atoms with Gasteiger partial charge in [0.1, 0.15) is 23.7 Å². The zero-order chi connectivity index (χ0) is 36.5. The van der Waals surface area contributed by atoms with Gasteiger partial charge in [0, 0.05) is 41.8 Å². The van der Waals surface area contributed by atoms with E-state index in [1.807, 2.05) is 75.4 Å². The number of amides is 1. The summed E-state index contributed by atoms with van der Waals surface area (Å²) in [7, 11) is -1.07. The van der Waals surface area contributed by atoms with Crippen molar-refractivity contribution in [1.82, 2.24) is 9.88 Å². The Morgan fingerprint density at radius 3 is 2.45 bits per heavy atom. The Morgan fingerprint density at radius 2 is 1.82 bits per heavy atom. The van der Waals surface area contributed by atoms with Crippen molar-refractivity contribution in [2.24, 2.45) is 17.3 Å². The number of likely N-dealkylation sites (tertiary alicyclic amines) is 1. The van der Waals surface area contributed by atoms with Crippen LogP contribution in [0.25, 0.3) is 22.2 Å². The van der Waals surface area contributed by atoms with Crippen molar-refractivity contribution in [3.8, 4) is 22.8 Å². The minimum atomic E-state index is -2.66. The Bertz CT molecular complexity index is 1820. The number of hydrogen-bond donors (Lipinski definition) is 1. The molecule has 0 radical (unpaired) electrons.